The third-order valence-electron chi connectivity index (χ3n) is 2.82. The summed E-state index contributed by atoms with van der Waals surface area (Å²) in [5.41, 5.74) is 0.691. The maximum absolute atomic E-state index is 11.7. The average molecular weight is 298 g/mol. The van der Waals surface area contributed by atoms with Gasteiger partial charge in [-0.25, -0.2) is 4.79 Å². The summed E-state index contributed by atoms with van der Waals surface area (Å²) in [7, 11) is 4.72. The van der Waals surface area contributed by atoms with Gasteiger partial charge >= 0.3 is 5.97 Å². The second kappa shape index (κ2) is 9.15. The lowest BCUT2D eigenvalue weighted by atomic mass is 10.2. The molecule has 0 fully saturated rings. The Bertz CT molecular complexity index is 458. The van der Waals surface area contributed by atoms with Crippen LogP contribution in [0.1, 0.15) is 22.5 Å². The molecule has 0 spiro atoms. The molecule has 1 rings (SSSR count). The van der Waals surface area contributed by atoms with Crippen molar-refractivity contribution in [1.29, 1.82) is 0 Å². The van der Waals surface area contributed by atoms with Gasteiger partial charge in [0.25, 0.3) is 0 Å². The van der Waals surface area contributed by atoms with Crippen LogP contribution < -0.4 is 5.32 Å². The fraction of sp³-hybridized carbons (Fsp3) is 0.571. The Morgan fingerprint density at radius 3 is 2.81 bits per heavy atom. The van der Waals surface area contributed by atoms with E-state index in [4.69, 9.17) is 9.15 Å². The van der Waals surface area contributed by atoms with Crippen LogP contribution in [0.5, 0.6) is 0 Å². The van der Waals surface area contributed by atoms with Crippen LogP contribution >= 0.6 is 0 Å². The Labute approximate surface area is 124 Å². The maximum Gasteiger partial charge on any atom is 0.374 e. The zero-order valence-electron chi connectivity index (χ0n) is 12.7. The maximum atomic E-state index is 11.7. The number of ether oxygens (including phenoxy) is 2. The van der Waals surface area contributed by atoms with Crippen LogP contribution in [0.2, 0.25) is 0 Å². The van der Waals surface area contributed by atoms with E-state index in [0.29, 0.717) is 25.3 Å². The van der Waals surface area contributed by atoms with Crippen LogP contribution in [0.25, 0.3) is 0 Å². The van der Waals surface area contributed by atoms with E-state index in [1.54, 1.807) is 25.1 Å². The topological polar surface area (TPSA) is 81.0 Å². The molecule has 1 heterocycles. The lowest BCUT2D eigenvalue weighted by molar-refractivity contribution is -0.122. The van der Waals surface area contributed by atoms with Crippen molar-refractivity contribution in [2.75, 3.05) is 41.0 Å². The van der Waals surface area contributed by atoms with Crippen molar-refractivity contribution >= 4 is 11.9 Å². The number of amides is 1. The van der Waals surface area contributed by atoms with Crippen LogP contribution in [0.4, 0.5) is 0 Å². The van der Waals surface area contributed by atoms with E-state index < -0.39 is 5.97 Å². The first kappa shape index (κ1) is 17.2. The summed E-state index contributed by atoms with van der Waals surface area (Å²) in [5.74, 6) is -0.422. The van der Waals surface area contributed by atoms with Crippen molar-refractivity contribution in [3.63, 3.8) is 0 Å². The minimum atomic E-state index is -0.521. The van der Waals surface area contributed by atoms with E-state index in [2.05, 4.69) is 10.1 Å². The lowest BCUT2D eigenvalue weighted by Crippen LogP contribution is -2.35. The van der Waals surface area contributed by atoms with E-state index in [1.807, 2.05) is 0 Å². The summed E-state index contributed by atoms with van der Waals surface area (Å²) in [6, 6.07) is 1.69. The zero-order chi connectivity index (χ0) is 15.7. The molecule has 0 aliphatic heterocycles. The fourth-order valence-electron chi connectivity index (χ4n) is 1.82. The normalized spacial score (nSPS) is 10.7. The first-order valence-electron chi connectivity index (χ1n) is 6.67. The van der Waals surface area contributed by atoms with Gasteiger partial charge in [0, 0.05) is 32.4 Å². The van der Waals surface area contributed by atoms with Crippen LogP contribution in [-0.2, 0) is 20.8 Å². The highest BCUT2D eigenvalue weighted by molar-refractivity contribution is 5.87. The molecular formula is C14H22N2O5. The summed E-state index contributed by atoms with van der Waals surface area (Å²) in [6.07, 6.45) is 2.21. The average Bonchev–Trinajstić information content (AvgIpc) is 2.90. The molecular weight excluding hydrogens is 276 g/mol. The molecule has 7 heteroatoms. The molecule has 0 saturated carbocycles. The van der Waals surface area contributed by atoms with Crippen LogP contribution in [0, 0.1) is 0 Å². The molecule has 0 saturated heterocycles. The Kier molecular flexibility index (Phi) is 7.49. The van der Waals surface area contributed by atoms with Gasteiger partial charge in [-0.2, -0.15) is 0 Å². The van der Waals surface area contributed by atoms with Gasteiger partial charge in [0.05, 0.1) is 19.9 Å². The molecule has 118 valence electrons. The zero-order valence-corrected chi connectivity index (χ0v) is 12.7. The summed E-state index contributed by atoms with van der Waals surface area (Å²) >= 11 is 0. The number of nitrogens with one attached hydrogen (secondary N) is 1. The second-order valence-corrected chi connectivity index (χ2v) is 4.64. The summed E-state index contributed by atoms with van der Waals surface area (Å²) in [5, 5.41) is 2.80. The van der Waals surface area contributed by atoms with E-state index in [1.165, 1.54) is 13.4 Å². The minimum absolute atomic E-state index is 0.0725. The molecule has 1 aromatic rings. The van der Waals surface area contributed by atoms with E-state index in [-0.39, 0.29) is 18.2 Å². The third-order valence-corrected chi connectivity index (χ3v) is 2.82. The SMILES string of the molecule is COCCCNC(=O)CN(C)Cc1ccoc1C(=O)OC. The first-order valence-corrected chi connectivity index (χ1v) is 6.67. The smallest absolute Gasteiger partial charge is 0.374 e. The largest absolute Gasteiger partial charge is 0.463 e. The quantitative estimate of drug-likeness (QED) is 0.532. The van der Waals surface area contributed by atoms with Crippen LogP contribution in [0.15, 0.2) is 16.7 Å². The number of hydrogen-bond donors (Lipinski definition) is 1. The molecule has 0 aromatic carbocycles. The number of esters is 1. The standard InChI is InChI=1S/C14H22N2O5/c1-16(10-12(17)15-6-4-7-19-2)9-11-5-8-21-13(11)14(18)20-3/h5,8H,4,6-7,9-10H2,1-3H3,(H,15,17). The van der Waals surface area contributed by atoms with E-state index in [0.717, 1.165) is 6.42 Å². The fourth-order valence-corrected chi connectivity index (χ4v) is 1.82. The van der Waals surface area contributed by atoms with Gasteiger partial charge < -0.3 is 19.2 Å². The van der Waals surface area contributed by atoms with Gasteiger partial charge in [-0.1, -0.05) is 0 Å². The molecule has 0 radical (unpaired) electrons. The number of nitrogens with zero attached hydrogens (tertiary/aromatic N) is 1. The van der Waals surface area contributed by atoms with Crippen molar-refractivity contribution in [3.8, 4) is 0 Å². The van der Waals surface area contributed by atoms with E-state index in [9.17, 15) is 9.59 Å². The van der Waals surface area contributed by atoms with Crippen molar-refractivity contribution in [1.82, 2.24) is 10.2 Å². The highest BCUT2D eigenvalue weighted by Crippen LogP contribution is 2.13. The van der Waals surface area contributed by atoms with Gasteiger partial charge in [-0.15, -0.1) is 0 Å². The summed E-state index contributed by atoms with van der Waals surface area (Å²) < 4.78 is 14.6. The van der Waals surface area contributed by atoms with Crippen molar-refractivity contribution in [2.24, 2.45) is 0 Å². The molecule has 21 heavy (non-hydrogen) atoms. The minimum Gasteiger partial charge on any atom is -0.463 e. The Balaban J connectivity index is 2.40. The molecule has 0 bridgehead atoms. The number of carbonyl (C=O) groups excluding carboxylic acids is 2. The van der Waals surface area contributed by atoms with Gasteiger partial charge in [-0.3, -0.25) is 9.69 Å². The molecule has 1 aromatic heterocycles. The Hall–Kier alpha value is -1.86. The number of hydrogen-bond acceptors (Lipinski definition) is 6. The number of rotatable bonds is 9. The van der Waals surface area contributed by atoms with Crippen molar-refractivity contribution in [3.05, 3.63) is 23.7 Å². The van der Waals surface area contributed by atoms with Gasteiger partial charge in [-0.05, 0) is 19.5 Å². The molecule has 7 nitrogen and oxygen atoms in total. The predicted octanol–water partition coefficient (Wildman–Crippen LogP) is 0.651. The van der Waals surface area contributed by atoms with Gasteiger partial charge in [0.15, 0.2) is 0 Å². The monoisotopic (exact) mass is 298 g/mol. The van der Waals surface area contributed by atoms with E-state index >= 15 is 0 Å². The number of methoxy groups -OCH3 is 2. The molecule has 1 N–H and O–H groups in total. The summed E-state index contributed by atoms with van der Waals surface area (Å²) in [6.45, 7) is 1.86. The van der Waals surface area contributed by atoms with Crippen molar-refractivity contribution in [2.45, 2.75) is 13.0 Å². The predicted molar refractivity (Wildman–Crippen MR) is 75.9 cm³/mol. The Morgan fingerprint density at radius 1 is 1.38 bits per heavy atom. The van der Waals surface area contributed by atoms with Crippen LogP contribution in [-0.4, -0.2) is 57.7 Å². The summed E-state index contributed by atoms with van der Waals surface area (Å²) in [4.78, 5) is 25.0. The Morgan fingerprint density at radius 2 is 2.14 bits per heavy atom. The first-order chi connectivity index (χ1) is 10.1. The number of likely N-dealkylation sites (N-methyl/N-ethyl adjacent to an activating group) is 1. The van der Waals surface area contributed by atoms with Gasteiger partial charge in [0.2, 0.25) is 11.7 Å². The van der Waals surface area contributed by atoms with Crippen molar-refractivity contribution < 1.29 is 23.5 Å². The molecule has 0 aliphatic carbocycles. The van der Waals surface area contributed by atoms with Crippen LogP contribution in [0.3, 0.4) is 0 Å². The lowest BCUT2D eigenvalue weighted by Gasteiger charge is -2.15. The molecule has 0 unspecified atom stereocenters. The highest BCUT2D eigenvalue weighted by Gasteiger charge is 2.17. The number of carbonyl (C=O) groups is 2. The second-order valence-electron chi connectivity index (χ2n) is 4.64. The number of furan rings is 1. The molecule has 0 atom stereocenters. The highest BCUT2D eigenvalue weighted by atomic mass is 16.5. The third kappa shape index (κ3) is 5.97. The molecule has 0 aliphatic rings. The van der Waals surface area contributed by atoms with Gasteiger partial charge in [0.1, 0.15) is 0 Å². The molecule has 1 amide bonds.